The summed E-state index contributed by atoms with van der Waals surface area (Å²) >= 11 is 0. The zero-order valence-corrected chi connectivity index (χ0v) is 14.2. The first-order valence-corrected chi connectivity index (χ1v) is 8.02. The Kier molecular flexibility index (Phi) is 4.74. The van der Waals surface area contributed by atoms with E-state index in [0.717, 1.165) is 23.5 Å². The van der Waals surface area contributed by atoms with Gasteiger partial charge in [-0.25, -0.2) is 0 Å². The maximum atomic E-state index is 11.5. The Bertz CT molecular complexity index is 705. The van der Waals surface area contributed by atoms with Crippen LogP contribution in [0.5, 0.6) is 11.5 Å². The van der Waals surface area contributed by atoms with Crippen molar-refractivity contribution in [2.24, 2.45) is 11.8 Å². The van der Waals surface area contributed by atoms with Crippen molar-refractivity contribution in [3.63, 3.8) is 0 Å². The van der Waals surface area contributed by atoms with Gasteiger partial charge in [0.15, 0.2) is 0 Å². The summed E-state index contributed by atoms with van der Waals surface area (Å²) in [4.78, 5) is 11.5. The van der Waals surface area contributed by atoms with Crippen LogP contribution in [0.25, 0.3) is 0 Å². The third-order valence-corrected chi connectivity index (χ3v) is 4.57. The molecule has 1 saturated carbocycles. The van der Waals surface area contributed by atoms with E-state index in [1.807, 2.05) is 18.2 Å². The Morgan fingerprint density at radius 2 is 1.79 bits per heavy atom. The Balaban J connectivity index is 1.73. The number of benzene rings is 1. The molecule has 0 amide bonds. The zero-order chi connectivity index (χ0) is 17.1. The van der Waals surface area contributed by atoms with E-state index in [1.165, 1.54) is 18.2 Å². The molecule has 2 atom stereocenters. The molecule has 2 aliphatic rings. The number of fused-ring (bicyclic) bond motifs is 1. The van der Waals surface area contributed by atoms with Crippen LogP contribution in [0.4, 0.5) is 0 Å². The lowest BCUT2D eigenvalue weighted by atomic mass is 10.0. The standard InChI is InChI=1S/C20H22O4/c1-22-15-7-14(8-16(12-15)23-2)10-19-17-6-4-5-13(9-18(17)19)11-20(21)24-3/h4-9,12,18-19H,10-11H2,1-3H3. The molecular formula is C20H22O4. The maximum Gasteiger partial charge on any atom is 0.309 e. The van der Waals surface area contributed by atoms with E-state index in [2.05, 4.69) is 24.3 Å². The van der Waals surface area contributed by atoms with Gasteiger partial charge >= 0.3 is 5.97 Å². The van der Waals surface area contributed by atoms with Crippen molar-refractivity contribution >= 4 is 5.97 Å². The number of hydrogen-bond donors (Lipinski definition) is 0. The molecule has 4 nitrogen and oxygen atoms in total. The van der Waals surface area contributed by atoms with Crippen LogP contribution >= 0.6 is 0 Å². The fraction of sp³-hybridized carbons (Fsp3) is 0.350. The van der Waals surface area contributed by atoms with Crippen molar-refractivity contribution in [2.45, 2.75) is 12.8 Å². The fourth-order valence-electron chi connectivity index (χ4n) is 3.22. The van der Waals surface area contributed by atoms with E-state index < -0.39 is 0 Å². The lowest BCUT2D eigenvalue weighted by Gasteiger charge is -2.08. The van der Waals surface area contributed by atoms with Gasteiger partial charge in [-0.1, -0.05) is 29.9 Å². The number of esters is 1. The monoisotopic (exact) mass is 326 g/mol. The molecule has 1 aromatic rings. The summed E-state index contributed by atoms with van der Waals surface area (Å²) in [6.07, 6.45) is 9.62. The minimum Gasteiger partial charge on any atom is -0.497 e. The molecule has 0 saturated heterocycles. The molecule has 2 unspecified atom stereocenters. The molecule has 0 radical (unpaired) electrons. The van der Waals surface area contributed by atoms with Crippen molar-refractivity contribution in [3.05, 3.63) is 59.2 Å². The number of hydrogen-bond acceptors (Lipinski definition) is 4. The molecule has 4 heteroatoms. The van der Waals surface area contributed by atoms with Gasteiger partial charge in [-0.05, 0) is 35.6 Å². The van der Waals surface area contributed by atoms with Crippen molar-refractivity contribution in [3.8, 4) is 11.5 Å². The van der Waals surface area contributed by atoms with Crippen molar-refractivity contribution in [1.82, 2.24) is 0 Å². The maximum absolute atomic E-state index is 11.5. The average Bonchev–Trinajstić information content (AvgIpc) is 3.28. The average molecular weight is 326 g/mol. The van der Waals surface area contributed by atoms with Gasteiger partial charge in [-0.15, -0.1) is 0 Å². The highest BCUT2D eigenvalue weighted by atomic mass is 16.5. The highest BCUT2D eigenvalue weighted by molar-refractivity contribution is 5.73. The molecule has 1 aromatic carbocycles. The molecule has 0 spiro atoms. The summed E-state index contributed by atoms with van der Waals surface area (Å²) in [6, 6.07) is 5.98. The van der Waals surface area contributed by atoms with Gasteiger partial charge in [0.1, 0.15) is 11.5 Å². The van der Waals surface area contributed by atoms with Crippen LogP contribution < -0.4 is 9.47 Å². The molecule has 1 fully saturated rings. The van der Waals surface area contributed by atoms with Crippen LogP contribution in [0.3, 0.4) is 0 Å². The SMILES string of the molecule is COC(=O)CC1=CC2C(=CC=C1)C2Cc1cc(OC)cc(OC)c1. The molecule has 3 rings (SSSR count). The molecule has 0 aliphatic heterocycles. The Morgan fingerprint density at radius 3 is 2.42 bits per heavy atom. The van der Waals surface area contributed by atoms with E-state index in [-0.39, 0.29) is 5.97 Å². The van der Waals surface area contributed by atoms with Gasteiger partial charge in [0.25, 0.3) is 0 Å². The third kappa shape index (κ3) is 3.53. The summed E-state index contributed by atoms with van der Waals surface area (Å²) < 4.78 is 15.4. The topological polar surface area (TPSA) is 44.8 Å². The van der Waals surface area contributed by atoms with Crippen molar-refractivity contribution < 1.29 is 19.0 Å². The van der Waals surface area contributed by atoms with Gasteiger partial charge < -0.3 is 14.2 Å². The quantitative estimate of drug-likeness (QED) is 0.751. The second-order valence-corrected chi connectivity index (χ2v) is 6.08. The molecule has 126 valence electrons. The van der Waals surface area contributed by atoms with E-state index in [1.54, 1.807) is 14.2 Å². The number of ether oxygens (including phenoxy) is 3. The number of rotatable bonds is 6. The first kappa shape index (κ1) is 16.4. The van der Waals surface area contributed by atoms with Crippen molar-refractivity contribution in [2.75, 3.05) is 21.3 Å². The first-order chi connectivity index (χ1) is 11.6. The summed E-state index contributed by atoms with van der Waals surface area (Å²) in [6.45, 7) is 0. The van der Waals surface area contributed by atoms with Crippen LogP contribution in [0.1, 0.15) is 12.0 Å². The van der Waals surface area contributed by atoms with Gasteiger partial charge in [-0.2, -0.15) is 0 Å². The number of carbonyl (C=O) groups is 1. The highest BCUT2D eigenvalue weighted by Crippen LogP contribution is 2.50. The van der Waals surface area contributed by atoms with Crippen LogP contribution in [0, 0.1) is 11.8 Å². The highest BCUT2D eigenvalue weighted by Gasteiger charge is 2.42. The van der Waals surface area contributed by atoms with E-state index >= 15 is 0 Å². The molecule has 0 heterocycles. The van der Waals surface area contributed by atoms with E-state index in [4.69, 9.17) is 14.2 Å². The predicted molar refractivity (Wildman–Crippen MR) is 92.2 cm³/mol. The normalized spacial score (nSPS) is 21.1. The van der Waals surface area contributed by atoms with Gasteiger partial charge in [0.05, 0.1) is 27.8 Å². The van der Waals surface area contributed by atoms with Crippen LogP contribution in [0.2, 0.25) is 0 Å². The largest absolute Gasteiger partial charge is 0.497 e. The number of allylic oxidation sites excluding steroid dienone is 5. The minimum absolute atomic E-state index is 0.205. The van der Waals surface area contributed by atoms with Crippen LogP contribution in [-0.2, 0) is 16.0 Å². The van der Waals surface area contributed by atoms with Gasteiger partial charge in [0, 0.05) is 12.0 Å². The Hall–Kier alpha value is -2.49. The lowest BCUT2D eigenvalue weighted by Crippen LogP contribution is -2.01. The lowest BCUT2D eigenvalue weighted by molar-refractivity contribution is -0.139. The summed E-state index contributed by atoms with van der Waals surface area (Å²) in [5.41, 5.74) is 3.62. The Labute approximate surface area is 142 Å². The molecule has 0 N–H and O–H groups in total. The second-order valence-electron chi connectivity index (χ2n) is 6.08. The van der Waals surface area contributed by atoms with E-state index in [9.17, 15) is 4.79 Å². The minimum atomic E-state index is -0.205. The second kappa shape index (κ2) is 6.95. The molecule has 2 aliphatic carbocycles. The summed E-state index contributed by atoms with van der Waals surface area (Å²) in [5, 5.41) is 0. The summed E-state index contributed by atoms with van der Waals surface area (Å²) in [5.74, 6) is 2.28. The zero-order valence-electron chi connectivity index (χ0n) is 14.2. The Morgan fingerprint density at radius 1 is 1.08 bits per heavy atom. The number of methoxy groups -OCH3 is 3. The molecule has 24 heavy (non-hydrogen) atoms. The van der Waals surface area contributed by atoms with Crippen LogP contribution in [0.15, 0.2) is 53.6 Å². The van der Waals surface area contributed by atoms with Crippen LogP contribution in [-0.4, -0.2) is 27.3 Å². The smallest absolute Gasteiger partial charge is 0.309 e. The first-order valence-electron chi connectivity index (χ1n) is 8.02. The number of carbonyl (C=O) groups excluding carboxylic acids is 1. The van der Waals surface area contributed by atoms with E-state index in [0.29, 0.717) is 18.3 Å². The van der Waals surface area contributed by atoms with Gasteiger partial charge in [0.2, 0.25) is 0 Å². The fourth-order valence-corrected chi connectivity index (χ4v) is 3.22. The molecular weight excluding hydrogens is 304 g/mol. The molecule has 0 bridgehead atoms. The summed E-state index contributed by atoms with van der Waals surface area (Å²) in [7, 11) is 4.74. The predicted octanol–water partition coefficient (Wildman–Crippen LogP) is 3.48. The van der Waals surface area contributed by atoms with Crippen molar-refractivity contribution in [1.29, 1.82) is 0 Å². The van der Waals surface area contributed by atoms with Gasteiger partial charge in [-0.3, -0.25) is 4.79 Å². The molecule has 0 aromatic heterocycles. The third-order valence-electron chi connectivity index (χ3n) is 4.57.